The lowest BCUT2D eigenvalue weighted by Crippen LogP contribution is -2.22. The SMILES string of the molecule is N#Cc1cc(F)cc(Oc2ccc3c(c2C(F)F)C(Br)C(F)C3(F)F)c1.N#Cc1cc(F)cc(Oc2ccc3c(c2C(F)F)CC(F)C3(F)F)c1. The first-order valence-electron chi connectivity index (χ1n) is 14.2. The third kappa shape index (κ3) is 7.04. The number of hydrogen-bond acceptors (Lipinski definition) is 4. The Balaban J connectivity index is 0.000000198. The Hall–Kier alpha value is -4.90. The first-order chi connectivity index (χ1) is 23.9. The molecule has 6 rings (SSSR count). The molecule has 4 nitrogen and oxygen atoms in total. The number of rotatable bonds is 6. The fraction of sp³-hybridized carbons (Fsp3) is 0.235. The molecule has 0 spiro atoms. The molecular weight excluding hydrogens is 776 g/mol. The number of benzene rings is 4. The number of alkyl halides is 11. The van der Waals surface area contributed by atoms with E-state index < -0.39 is 105 Å². The lowest BCUT2D eigenvalue weighted by molar-refractivity contribution is -0.0660. The minimum Gasteiger partial charge on any atom is -0.457 e. The van der Waals surface area contributed by atoms with Crippen molar-refractivity contribution in [2.45, 2.75) is 48.3 Å². The van der Waals surface area contributed by atoms with Gasteiger partial charge in [-0.05, 0) is 59.7 Å². The van der Waals surface area contributed by atoms with Crippen LogP contribution in [0.4, 0.5) is 52.7 Å². The maximum Gasteiger partial charge on any atom is 0.305 e. The summed E-state index contributed by atoms with van der Waals surface area (Å²) >= 11 is 2.70. The van der Waals surface area contributed by atoms with Gasteiger partial charge in [-0.3, -0.25) is 0 Å². The second kappa shape index (κ2) is 14.0. The van der Waals surface area contributed by atoms with Crippen molar-refractivity contribution < 1.29 is 62.2 Å². The largest absolute Gasteiger partial charge is 0.457 e. The van der Waals surface area contributed by atoms with E-state index in [-0.39, 0.29) is 22.6 Å². The molecule has 0 bridgehead atoms. The number of hydrogen-bond donors (Lipinski definition) is 0. The number of fused-ring (bicyclic) bond motifs is 2. The highest BCUT2D eigenvalue weighted by Crippen LogP contribution is 2.57. The fourth-order valence-corrected chi connectivity index (χ4v) is 6.43. The van der Waals surface area contributed by atoms with Crippen molar-refractivity contribution >= 4 is 15.9 Å². The van der Waals surface area contributed by atoms with Gasteiger partial charge < -0.3 is 9.47 Å². The summed E-state index contributed by atoms with van der Waals surface area (Å²) in [4.78, 5) is -1.65. The van der Waals surface area contributed by atoms with E-state index >= 15 is 0 Å². The van der Waals surface area contributed by atoms with Crippen LogP contribution in [-0.2, 0) is 18.3 Å². The highest BCUT2D eigenvalue weighted by Gasteiger charge is 2.56. The predicted molar refractivity (Wildman–Crippen MR) is 158 cm³/mol. The summed E-state index contributed by atoms with van der Waals surface area (Å²) in [6, 6.07) is 12.4. The van der Waals surface area contributed by atoms with Gasteiger partial charge in [0, 0.05) is 29.7 Å². The summed E-state index contributed by atoms with van der Waals surface area (Å²) in [5.74, 6) is -11.0. The zero-order chi connectivity index (χ0) is 37.6. The van der Waals surface area contributed by atoms with Crippen LogP contribution >= 0.6 is 15.9 Å². The van der Waals surface area contributed by atoms with Crippen LogP contribution < -0.4 is 9.47 Å². The fourth-order valence-electron chi connectivity index (χ4n) is 5.60. The van der Waals surface area contributed by atoms with Gasteiger partial charge in [0.25, 0.3) is 12.9 Å². The number of nitrogens with zero attached hydrogens (tertiary/aromatic N) is 2. The average Bonchev–Trinajstić information content (AvgIpc) is 3.39. The maximum atomic E-state index is 14.0. The summed E-state index contributed by atoms with van der Waals surface area (Å²) in [5.41, 5.74) is -4.76. The highest BCUT2D eigenvalue weighted by molar-refractivity contribution is 9.09. The van der Waals surface area contributed by atoms with Gasteiger partial charge in [0.1, 0.15) is 34.6 Å². The van der Waals surface area contributed by atoms with E-state index in [2.05, 4.69) is 15.9 Å². The van der Waals surface area contributed by atoms with Crippen LogP contribution in [0.25, 0.3) is 0 Å². The van der Waals surface area contributed by atoms with Gasteiger partial charge in [0.05, 0.1) is 39.2 Å². The maximum absolute atomic E-state index is 14.0. The Morgan fingerprint density at radius 2 is 1.16 bits per heavy atom. The van der Waals surface area contributed by atoms with Crippen molar-refractivity contribution in [3.8, 4) is 35.1 Å². The molecule has 17 heteroatoms. The molecule has 0 saturated carbocycles. The third-order valence-corrected chi connectivity index (χ3v) is 8.75. The molecule has 0 aliphatic heterocycles. The van der Waals surface area contributed by atoms with Gasteiger partial charge in [-0.1, -0.05) is 15.9 Å². The zero-order valence-electron chi connectivity index (χ0n) is 25.0. The molecule has 51 heavy (non-hydrogen) atoms. The molecule has 4 aromatic rings. The minimum atomic E-state index is -3.93. The zero-order valence-corrected chi connectivity index (χ0v) is 26.6. The van der Waals surface area contributed by atoms with E-state index in [1.165, 1.54) is 0 Å². The molecule has 0 heterocycles. The van der Waals surface area contributed by atoms with Crippen LogP contribution in [0, 0.1) is 34.3 Å². The van der Waals surface area contributed by atoms with Crippen molar-refractivity contribution in [2.24, 2.45) is 0 Å². The Bertz CT molecular complexity index is 2080. The Labute approximate surface area is 288 Å². The number of ether oxygens (including phenoxy) is 2. The van der Waals surface area contributed by atoms with Crippen molar-refractivity contribution in [3.05, 3.63) is 117 Å². The van der Waals surface area contributed by atoms with Gasteiger partial charge in [-0.25, -0.2) is 35.1 Å². The van der Waals surface area contributed by atoms with Crippen LogP contribution in [0.5, 0.6) is 23.0 Å². The molecule has 4 aromatic carbocycles. The Kier molecular flexibility index (Phi) is 10.3. The molecule has 2 aliphatic carbocycles. The highest BCUT2D eigenvalue weighted by atomic mass is 79.9. The van der Waals surface area contributed by atoms with E-state index in [1.54, 1.807) is 12.1 Å². The monoisotopic (exact) mass is 792 g/mol. The Morgan fingerprint density at radius 1 is 0.686 bits per heavy atom. The molecule has 3 atom stereocenters. The van der Waals surface area contributed by atoms with Gasteiger partial charge in [0.2, 0.25) is 0 Å². The van der Waals surface area contributed by atoms with Crippen molar-refractivity contribution in [3.63, 3.8) is 0 Å². The minimum absolute atomic E-state index is 0.106. The van der Waals surface area contributed by atoms with Gasteiger partial charge in [-0.2, -0.15) is 28.1 Å². The third-order valence-electron chi connectivity index (χ3n) is 7.83. The molecule has 2 aliphatic rings. The summed E-state index contributed by atoms with van der Waals surface area (Å²) in [6.45, 7) is 0. The molecule has 0 amide bonds. The van der Waals surface area contributed by atoms with Crippen molar-refractivity contribution in [1.29, 1.82) is 10.5 Å². The smallest absolute Gasteiger partial charge is 0.305 e. The van der Waals surface area contributed by atoms with E-state index in [9.17, 15) is 52.7 Å². The first kappa shape index (κ1) is 37.4. The van der Waals surface area contributed by atoms with Gasteiger partial charge in [-0.15, -0.1) is 0 Å². The van der Waals surface area contributed by atoms with Crippen LogP contribution in [0.2, 0.25) is 0 Å². The van der Waals surface area contributed by atoms with Crippen molar-refractivity contribution in [2.75, 3.05) is 0 Å². The molecule has 0 aromatic heterocycles. The summed E-state index contributed by atoms with van der Waals surface area (Å²) in [6.07, 6.45) is -12.6. The van der Waals surface area contributed by atoms with Crippen LogP contribution in [-0.4, -0.2) is 12.3 Å². The lowest BCUT2D eigenvalue weighted by atomic mass is 10.0. The first-order valence-corrected chi connectivity index (χ1v) is 15.2. The van der Waals surface area contributed by atoms with Gasteiger partial charge in [0.15, 0.2) is 12.3 Å². The topological polar surface area (TPSA) is 66.0 Å². The normalized spacial score (nSPS) is 19.4. The summed E-state index contributed by atoms with van der Waals surface area (Å²) < 4.78 is 174. The molecule has 3 unspecified atom stereocenters. The average molecular weight is 793 g/mol. The quantitative estimate of drug-likeness (QED) is 0.144. The van der Waals surface area contributed by atoms with Gasteiger partial charge >= 0.3 is 11.8 Å². The molecule has 0 fully saturated rings. The number of halogens is 13. The van der Waals surface area contributed by atoms with E-state index in [1.807, 2.05) is 0 Å². The molecular formula is C34H17BrF12N2O2. The second-order valence-electron chi connectivity index (χ2n) is 11.0. The van der Waals surface area contributed by atoms with Crippen LogP contribution in [0.1, 0.15) is 62.2 Å². The van der Waals surface area contributed by atoms with Crippen molar-refractivity contribution in [1.82, 2.24) is 0 Å². The summed E-state index contributed by atoms with van der Waals surface area (Å²) in [7, 11) is 0. The van der Waals surface area contributed by atoms with E-state index in [4.69, 9.17) is 20.0 Å². The molecule has 0 N–H and O–H groups in total. The lowest BCUT2D eigenvalue weighted by Gasteiger charge is -2.16. The molecule has 266 valence electrons. The number of nitriles is 2. The van der Waals surface area contributed by atoms with Crippen LogP contribution in [0.15, 0.2) is 60.7 Å². The van der Waals surface area contributed by atoms with E-state index in [0.717, 1.165) is 60.7 Å². The molecule has 0 saturated heterocycles. The predicted octanol–water partition coefficient (Wildman–Crippen LogP) is 11.7. The second-order valence-corrected chi connectivity index (χ2v) is 12.0. The summed E-state index contributed by atoms with van der Waals surface area (Å²) in [5, 5.41) is 17.6. The standard InChI is InChI=1S/C17H8BrF6NO.C17H9F6NO/c18-14-12-10(17(23,24)15(14)20)1-2-11(13(12)16(21)22)26-9-4-7(6-25)3-8(19)5-9;18-9-3-8(7-24)4-10(5-9)25-13-2-1-12-11(15(13)16(20)21)6-14(19)17(12,22)23/h1-5,14-16H;1-5,14,16H,6H2. The molecule has 0 radical (unpaired) electrons. The Morgan fingerprint density at radius 3 is 1.63 bits per heavy atom. The van der Waals surface area contributed by atoms with Crippen LogP contribution in [0.3, 0.4) is 0 Å². The van der Waals surface area contributed by atoms with E-state index in [0.29, 0.717) is 0 Å².